The number of Topliss-reactive ketones (excluding diaryl/α,β-unsaturated/α-hetero) is 1. The number of carbonyl (C=O) groups is 1. The number of rotatable bonds is 2. The summed E-state index contributed by atoms with van der Waals surface area (Å²) in [7, 11) is 0. The van der Waals surface area contributed by atoms with Crippen molar-refractivity contribution in [3.63, 3.8) is 0 Å². The molecule has 3 atom stereocenters. The summed E-state index contributed by atoms with van der Waals surface area (Å²) in [6.07, 6.45) is 1.76. The summed E-state index contributed by atoms with van der Waals surface area (Å²) >= 11 is 6.39. The molecule has 3 rings (SSSR count). The van der Waals surface area contributed by atoms with Gasteiger partial charge in [0.25, 0.3) is 0 Å². The van der Waals surface area contributed by atoms with Gasteiger partial charge in [-0.2, -0.15) is 0 Å². The molecule has 1 aromatic carbocycles. The van der Waals surface area contributed by atoms with Crippen molar-refractivity contribution in [1.82, 2.24) is 0 Å². The van der Waals surface area contributed by atoms with Gasteiger partial charge in [-0.3, -0.25) is 4.79 Å². The van der Waals surface area contributed by atoms with Crippen LogP contribution in [-0.2, 0) is 15.1 Å². The zero-order chi connectivity index (χ0) is 16.8. The smallest absolute Gasteiger partial charge is 0.205 e. The summed E-state index contributed by atoms with van der Waals surface area (Å²) < 4.78 is 5.88. The Morgan fingerprint density at radius 1 is 1.39 bits per heavy atom. The van der Waals surface area contributed by atoms with Gasteiger partial charge in [0.05, 0.1) is 6.04 Å². The molecule has 0 spiro atoms. The van der Waals surface area contributed by atoms with E-state index in [1.54, 1.807) is 6.07 Å². The van der Waals surface area contributed by atoms with Crippen LogP contribution in [0.25, 0.3) is 0 Å². The van der Waals surface area contributed by atoms with E-state index in [-0.39, 0.29) is 17.2 Å². The van der Waals surface area contributed by atoms with E-state index in [2.05, 4.69) is 0 Å². The maximum atomic E-state index is 13.0. The number of hydrogen-bond donors (Lipinski definition) is 1. The molecule has 0 radical (unpaired) electrons. The second kappa shape index (κ2) is 5.60. The van der Waals surface area contributed by atoms with E-state index < -0.39 is 11.6 Å². The summed E-state index contributed by atoms with van der Waals surface area (Å²) in [6, 6.07) is 7.08. The Hall–Kier alpha value is -1.39. The topological polar surface area (TPSA) is 64.7 Å². The summed E-state index contributed by atoms with van der Waals surface area (Å²) in [5, 5.41) is 0.566. The van der Waals surface area contributed by atoms with E-state index in [0.717, 1.165) is 12.0 Å². The monoisotopic (exact) mass is 334 g/mol. The van der Waals surface area contributed by atoms with Gasteiger partial charge in [0, 0.05) is 10.6 Å². The SMILES string of the molecule is CC(C)(C)C(N)C1=NC2(c3ccccc3Cl)CCCC(O1)C2=O. The average molecular weight is 335 g/mol. The van der Waals surface area contributed by atoms with E-state index in [9.17, 15) is 4.79 Å². The molecule has 1 saturated carbocycles. The van der Waals surface area contributed by atoms with Crippen LogP contribution in [0, 0.1) is 5.41 Å². The molecule has 3 unspecified atom stereocenters. The molecule has 1 aromatic rings. The van der Waals surface area contributed by atoms with Gasteiger partial charge in [0.1, 0.15) is 0 Å². The van der Waals surface area contributed by atoms with Gasteiger partial charge >= 0.3 is 0 Å². The largest absolute Gasteiger partial charge is 0.468 e. The minimum atomic E-state index is -0.947. The highest BCUT2D eigenvalue weighted by molar-refractivity contribution is 6.32. The standard InChI is InChI=1S/C18H23ClN2O2/c1-17(2,3)14(20)16-21-18(11-7-4-5-8-12(11)19)10-6-9-13(23-16)15(18)22/h4-5,7-8,13-14H,6,9-10,20H2,1-3H3. The molecule has 0 saturated heterocycles. The molecule has 2 aliphatic rings. The summed E-state index contributed by atoms with van der Waals surface area (Å²) in [4.78, 5) is 17.7. The molecular weight excluding hydrogens is 312 g/mol. The number of nitrogens with two attached hydrogens (primary N) is 1. The Bertz CT molecular complexity index is 665. The fourth-order valence-corrected chi connectivity index (χ4v) is 3.58. The van der Waals surface area contributed by atoms with Crippen LogP contribution in [0.3, 0.4) is 0 Å². The Kier molecular flexibility index (Phi) is 4.01. The number of ether oxygens (including phenoxy) is 1. The van der Waals surface area contributed by atoms with Gasteiger partial charge in [0.15, 0.2) is 11.6 Å². The number of carbonyl (C=O) groups excluding carboxylic acids is 1. The molecular formula is C18H23ClN2O2. The summed E-state index contributed by atoms with van der Waals surface area (Å²) in [5.74, 6) is 0.475. The number of benzene rings is 1. The van der Waals surface area contributed by atoms with Gasteiger partial charge in [0.2, 0.25) is 11.7 Å². The van der Waals surface area contributed by atoms with Crippen molar-refractivity contribution in [3.8, 4) is 0 Å². The maximum absolute atomic E-state index is 13.0. The normalized spacial score (nSPS) is 28.8. The van der Waals surface area contributed by atoms with Gasteiger partial charge in [-0.1, -0.05) is 50.6 Å². The van der Waals surface area contributed by atoms with E-state index in [1.807, 2.05) is 39.0 Å². The molecule has 0 amide bonds. The minimum absolute atomic E-state index is 0.00158. The molecule has 1 aliphatic heterocycles. The quantitative estimate of drug-likeness (QED) is 0.900. The average Bonchev–Trinajstić information content (AvgIpc) is 2.46. The van der Waals surface area contributed by atoms with Gasteiger partial charge in [-0.25, -0.2) is 4.99 Å². The number of halogens is 1. The Morgan fingerprint density at radius 3 is 2.74 bits per heavy atom. The van der Waals surface area contributed by atoms with Crippen LogP contribution in [0.4, 0.5) is 0 Å². The number of nitrogens with zero attached hydrogens (tertiary/aromatic N) is 1. The van der Waals surface area contributed by atoms with Crippen molar-refractivity contribution < 1.29 is 9.53 Å². The van der Waals surface area contributed by atoms with Crippen molar-refractivity contribution in [2.45, 2.75) is 57.7 Å². The lowest BCUT2D eigenvalue weighted by atomic mass is 9.73. The van der Waals surface area contributed by atoms with Gasteiger partial charge < -0.3 is 10.5 Å². The summed E-state index contributed by atoms with van der Waals surface area (Å²) in [6.45, 7) is 6.12. The molecule has 2 bridgehead atoms. The zero-order valence-corrected chi connectivity index (χ0v) is 14.6. The Balaban J connectivity index is 2.15. The molecule has 5 heteroatoms. The van der Waals surface area contributed by atoms with Gasteiger partial charge in [-0.05, 0) is 30.7 Å². The van der Waals surface area contributed by atoms with Crippen molar-refractivity contribution >= 4 is 23.3 Å². The predicted molar refractivity (Wildman–Crippen MR) is 91.7 cm³/mol. The first-order valence-electron chi connectivity index (χ1n) is 8.07. The molecule has 0 aromatic heterocycles. The fourth-order valence-electron chi connectivity index (χ4n) is 3.29. The van der Waals surface area contributed by atoms with Gasteiger partial charge in [-0.15, -0.1) is 0 Å². The third-order valence-corrected chi connectivity index (χ3v) is 5.12. The summed E-state index contributed by atoms with van der Waals surface area (Å²) in [5.41, 5.74) is 5.97. The van der Waals surface area contributed by atoms with Crippen LogP contribution in [0.15, 0.2) is 29.3 Å². The molecule has 4 nitrogen and oxygen atoms in total. The first kappa shape index (κ1) is 16.5. The molecule has 23 heavy (non-hydrogen) atoms. The number of aliphatic imine (C=N–C) groups is 1. The second-order valence-corrected chi connectivity index (χ2v) is 7.90. The molecule has 2 N–H and O–H groups in total. The number of hydrogen-bond acceptors (Lipinski definition) is 4. The Morgan fingerprint density at radius 2 is 2.09 bits per heavy atom. The molecule has 1 heterocycles. The van der Waals surface area contributed by atoms with Crippen molar-refractivity contribution in [2.24, 2.45) is 16.1 Å². The van der Waals surface area contributed by atoms with Crippen molar-refractivity contribution in [3.05, 3.63) is 34.9 Å². The number of ketones is 1. The highest BCUT2D eigenvalue weighted by Gasteiger charge is 2.52. The maximum Gasteiger partial charge on any atom is 0.205 e. The van der Waals surface area contributed by atoms with Crippen molar-refractivity contribution in [2.75, 3.05) is 0 Å². The predicted octanol–water partition coefficient (Wildman–Crippen LogP) is 3.46. The molecule has 124 valence electrons. The highest BCUT2D eigenvalue weighted by atomic mass is 35.5. The van der Waals surface area contributed by atoms with Crippen LogP contribution in [-0.4, -0.2) is 23.8 Å². The fraction of sp³-hybridized carbons (Fsp3) is 0.556. The number of fused-ring (bicyclic) bond motifs is 2. The van der Waals surface area contributed by atoms with Crippen molar-refractivity contribution in [1.29, 1.82) is 0 Å². The van der Waals surface area contributed by atoms with E-state index in [0.29, 0.717) is 23.8 Å². The first-order chi connectivity index (χ1) is 10.8. The minimum Gasteiger partial charge on any atom is -0.468 e. The second-order valence-electron chi connectivity index (χ2n) is 7.50. The lowest BCUT2D eigenvalue weighted by Crippen LogP contribution is -2.56. The van der Waals surface area contributed by atoms with Crippen LogP contribution in [0.5, 0.6) is 0 Å². The lowest BCUT2D eigenvalue weighted by Gasteiger charge is -2.43. The third kappa shape index (κ3) is 2.68. The molecule has 1 fully saturated rings. The molecule has 1 aliphatic carbocycles. The zero-order valence-electron chi connectivity index (χ0n) is 13.8. The van der Waals surface area contributed by atoms with E-state index in [1.165, 1.54) is 0 Å². The first-order valence-corrected chi connectivity index (χ1v) is 8.45. The van der Waals surface area contributed by atoms with Crippen LogP contribution in [0.2, 0.25) is 5.02 Å². The van der Waals surface area contributed by atoms with Crippen LogP contribution < -0.4 is 5.73 Å². The lowest BCUT2D eigenvalue weighted by molar-refractivity contribution is -0.137. The van der Waals surface area contributed by atoms with E-state index >= 15 is 0 Å². The Labute approximate surface area is 142 Å². The third-order valence-electron chi connectivity index (χ3n) is 4.79. The highest BCUT2D eigenvalue weighted by Crippen LogP contribution is 2.45. The van der Waals surface area contributed by atoms with E-state index in [4.69, 9.17) is 27.1 Å². The van der Waals surface area contributed by atoms with Crippen LogP contribution >= 0.6 is 11.6 Å². The van der Waals surface area contributed by atoms with Crippen LogP contribution in [0.1, 0.15) is 45.6 Å².